The summed E-state index contributed by atoms with van der Waals surface area (Å²) >= 11 is 5.46. The molecule has 3 heterocycles. The van der Waals surface area contributed by atoms with Crippen LogP contribution in [0, 0.1) is 11.8 Å². The second-order valence-corrected chi connectivity index (χ2v) is 15.2. The van der Waals surface area contributed by atoms with Crippen molar-refractivity contribution in [3.8, 4) is 5.75 Å². The van der Waals surface area contributed by atoms with Crippen LogP contribution in [0.15, 0.2) is 73.8 Å². The fourth-order valence-electron chi connectivity index (χ4n) is 7.74. The van der Waals surface area contributed by atoms with Crippen molar-refractivity contribution >= 4 is 62.5 Å². The molecule has 2 bridgehead atoms. The molecule has 3 aliphatic heterocycles. The molecule has 3 saturated heterocycles. The maximum absolute atomic E-state index is 14.9. The molecular formula is C37H47BrN4O5S. The summed E-state index contributed by atoms with van der Waals surface area (Å²) in [7, 11) is 0. The standard InChI is InChI=1S/C37H47BrN4O5S/c1-7-20-40(27-16-18-28(19-17-27)47-11-5)34(44)30-31-35(45)42(24(6)23-43)33(37(31)22-29(38)32(30)48-37)36(46)41(21-8-2)26-14-12-25(13-15-26)39(9-3)10-4/h7-8,12-19,24,29-33,43H,1-2,9-11,20-23H2,3-6H3/t24-,29?,30+,31+,32+,33?,37?/m1/s1. The van der Waals surface area contributed by atoms with Crippen LogP contribution in [0.2, 0.25) is 0 Å². The van der Waals surface area contributed by atoms with E-state index in [1.54, 1.807) is 45.5 Å². The van der Waals surface area contributed by atoms with Gasteiger partial charge < -0.3 is 29.4 Å². The molecule has 7 atom stereocenters. The third-order valence-electron chi connectivity index (χ3n) is 9.89. The molecule has 2 aromatic carbocycles. The van der Waals surface area contributed by atoms with Gasteiger partial charge in [-0.2, -0.15) is 0 Å². The zero-order valence-electron chi connectivity index (χ0n) is 28.3. The van der Waals surface area contributed by atoms with Crippen molar-refractivity contribution in [3.05, 3.63) is 73.8 Å². The molecule has 0 radical (unpaired) electrons. The van der Waals surface area contributed by atoms with Gasteiger partial charge in [0.25, 0.3) is 5.91 Å². The first-order valence-electron chi connectivity index (χ1n) is 16.8. The Kier molecular flexibility index (Phi) is 11.3. The number of thioether (sulfide) groups is 1. The summed E-state index contributed by atoms with van der Waals surface area (Å²) in [6.07, 6.45) is 3.91. The lowest BCUT2D eigenvalue weighted by Gasteiger charge is -2.39. The molecule has 2 aromatic rings. The van der Waals surface area contributed by atoms with E-state index < -0.39 is 28.7 Å². The predicted octanol–water partition coefficient (Wildman–Crippen LogP) is 5.52. The number of alkyl halides is 1. The minimum atomic E-state index is -0.884. The highest BCUT2D eigenvalue weighted by molar-refractivity contribution is 9.09. The maximum atomic E-state index is 14.9. The van der Waals surface area contributed by atoms with Crippen molar-refractivity contribution in [2.45, 2.75) is 61.0 Å². The number of halogens is 1. The summed E-state index contributed by atoms with van der Waals surface area (Å²) in [4.78, 5) is 51.3. The summed E-state index contributed by atoms with van der Waals surface area (Å²) in [5, 5.41) is 10.2. The number of likely N-dealkylation sites (tertiary alicyclic amines) is 1. The van der Waals surface area contributed by atoms with Crippen molar-refractivity contribution < 1.29 is 24.2 Å². The summed E-state index contributed by atoms with van der Waals surface area (Å²) in [6.45, 7) is 18.2. The highest BCUT2D eigenvalue weighted by Gasteiger charge is 2.76. The smallest absolute Gasteiger partial charge is 0.251 e. The number of nitrogens with zero attached hydrogens (tertiary/aromatic N) is 4. The Morgan fingerprint density at radius 2 is 1.54 bits per heavy atom. The van der Waals surface area contributed by atoms with E-state index in [0.29, 0.717) is 30.2 Å². The lowest BCUT2D eigenvalue weighted by Crippen LogP contribution is -2.57. The topological polar surface area (TPSA) is 93.6 Å². The number of hydrogen-bond acceptors (Lipinski definition) is 7. The van der Waals surface area contributed by atoms with Gasteiger partial charge in [0, 0.05) is 53.3 Å². The van der Waals surface area contributed by atoms with E-state index >= 15 is 0 Å². The molecule has 11 heteroatoms. The summed E-state index contributed by atoms with van der Waals surface area (Å²) in [5.41, 5.74) is 2.44. The van der Waals surface area contributed by atoms with Crippen molar-refractivity contribution in [1.29, 1.82) is 0 Å². The molecule has 9 nitrogen and oxygen atoms in total. The maximum Gasteiger partial charge on any atom is 0.251 e. The average Bonchev–Trinajstić information content (AvgIpc) is 3.70. The molecule has 3 unspecified atom stereocenters. The number of carbonyl (C=O) groups is 3. The van der Waals surface area contributed by atoms with Crippen LogP contribution in [0.5, 0.6) is 5.75 Å². The van der Waals surface area contributed by atoms with Gasteiger partial charge in [0.1, 0.15) is 11.8 Å². The summed E-state index contributed by atoms with van der Waals surface area (Å²) < 4.78 is 4.75. The van der Waals surface area contributed by atoms with Crippen LogP contribution in [0.25, 0.3) is 0 Å². The summed E-state index contributed by atoms with van der Waals surface area (Å²) in [6, 6.07) is 13.7. The third kappa shape index (κ3) is 6.18. The van der Waals surface area contributed by atoms with Crippen LogP contribution < -0.4 is 19.4 Å². The van der Waals surface area contributed by atoms with E-state index in [4.69, 9.17) is 4.74 Å². The van der Waals surface area contributed by atoms with Crippen LogP contribution >= 0.6 is 27.7 Å². The zero-order chi connectivity index (χ0) is 34.7. The molecule has 5 rings (SSSR count). The minimum Gasteiger partial charge on any atom is -0.494 e. The van der Waals surface area contributed by atoms with Gasteiger partial charge in [0.05, 0.1) is 35.8 Å². The Morgan fingerprint density at radius 1 is 1.00 bits per heavy atom. The number of aliphatic hydroxyl groups excluding tert-OH is 1. The molecular weight excluding hydrogens is 692 g/mol. The number of hydrogen-bond donors (Lipinski definition) is 1. The van der Waals surface area contributed by atoms with E-state index in [0.717, 1.165) is 18.8 Å². The van der Waals surface area contributed by atoms with Gasteiger partial charge in [-0.3, -0.25) is 14.4 Å². The Hall–Kier alpha value is -3.28. The highest BCUT2D eigenvalue weighted by atomic mass is 79.9. The van der Waals surface area contributed by atoms with Crippen LogP contribution in [0.3, 0.4) is 0 Å². The number of anilines is 3. The van der Waals surface area contributed by atoms with Crippen LogP contribution in [0.4, 0.5) is 17.1 Å². The molecule has 3 aliphatic rings. The van der Waals surface area contributed by atoms with Crippen LogP contribution in [-0.2, 0) is 14.4 Å². The van der Waals surface area contributed by atoms with Gasteiger partial charge >= 0.3 is 0 Å². The molecule has 258 valence electrons. The van der Waals surface area contributed by atoms with Gasteiger partial charge in [-0.15, -0.1) is 24.9 Å². The summed E-state index contributed by atoms with van der Waals surface area (Å²) in [5.74, 6) is -1.39. The van der Waals surface area contributed by atoms with Crippen molar-refractivity contribution in [1.82, 2.24) is 4.90 Å². The first-order chi connectivity index (χ1) is 23.1. The van der Waals surface area contributed by atoms with E-state index in [1.165, 1.54) is 0 Å². The van der Waals surface area contributed by atoms with Crippen molar-refractivity contribution in [3.63, 3.8) is 0 Å². The molecule has 48 heavy (non-hydrogen) atoms. The van der Waals surface area contributed by atoms with Gasteiger partial charge in [0.2, 0.25) is 11.8 Å². The van der Waals surface area contributed by atoms with Crippen molar-refractivity contribution in [2.24, 2.45) is 11.8 Å². The Morgan fingerprint density at radius 3 is 2.06 bits per heavy atom. The van der Waals surface area contributed by atoms with E-state index in [1.807, 2.05) is 55.5 Å². The van der Waals surface area contributed by atoms with E-state index in [9.17, 15) is 19.5 Å². The Labute approximate surface area is 297 Å². The second-order valence-electron chi connectivity index (χ2n) is 12.5. The lowest BCUT2D eigenvalue weighted by molar-refractivity contribution is -0.141. The molecule has 0 aromatic heterocycles. The Bertz CT molecular complexity index is 1500. The number of amides is 3. The third-order valence-corrected chi connectivity index (χ3v) is 13.1. The molecule has 3 amide bonds. The minimum absolute atomic E-state index is 0.0905. The molecule has 0 saturated carbocycles. The van der Waals surface area contributed by atoms with Crippen LogP contribution in [0.1, 0.15) is 34.1 Å². The van der Waals surface area contributed by atoms with Gasteiger partial charge in [-0.25, -0.2) is 0 Å². The second kappa shape index (κ2) is 15.1. The predicted molar refractivity (Wildman–Crippen MR) is 198 cm³/mol. The lowest BCUT2D eigenvalue weighted by atomic mass is 9.70. The largest absolute Gasteiger partial charge is 0.494 e. The fourth-order valence-corrected chi connectivity index (χ4v) is 11.3. The average molecular weight is 740 g/mol. The van der Waals surface area contributed by atoms with Gasteiger partial charge in [-0.1, -0.05) is 28.1 Å². The molecule has 1 spiro atoms. The fraction of sp³-hybridized carbons (Fsp3) is 0.486. The molecule has 1 N–H and O–H groups in total. The molecule has 3 fully saturated rings. The zero-order valence-corrected chi connectivity index (χ0v) is 30.7. The number of fused-ring (bicyclic) bond motifs is 1. The van der Waals surface area contributed by atoms with Gasteiger partial charge in [-0.05, 0) is 82.6 Å². The molecule has 0 aliphatic carbocycles. The normalized spacial score (nSPS) is 26.2. The first-order valence-corrected chi connectivity index (χ1v) is 18.6. The Balaban J connectivity index is 1.55. The SMILES string of the molecule is C=CCN(C(=O)C1N([C@H](C)CO)C(=O)[C@@H]2[C@H](C(=O)N(CC=C)c3ccc(OCC)cc3)[C@H]3SC12CC3Br)c1ccc(N(CC)CC)cc1. The first kappa shape index (κ1) is 36.0. The monoisotopic (exact) mass is 738 g/mol. The number of rotatable bonds is 15. The van der Waals surface area contributed by atoms with E-state index in [2.05, 4.69) is 47.8 Å². The van der Waals surface area contributed by atoms with Crippen LogP contribution in [-0.4, -0.2) is 94.0 Å². The van der Waals surface area contributed by atoms with E-state index in [-0.39, 0.29) is 47.5 Å². The van der Waals surface area contributed by atoms with Crippen molar-refractivity contribution in [2.75, 3.05) is 54.1 Å². The van der Waals surface area contributed by atoms with Gasteiger partial charge in [0.15, 0.2) is 0 Å². The highest BCUT2D eigenvalue weighted by Crippen LogP contribution is 2.68. The number of carbonyl (C=O) groups excluding carboxylic acids is 3. The number of aliphatic hydroxyl groups is 1. The quantitative estimate of drug-likeness (QED) is 0.190. The number of benzene rings is 2. The number of ether oxygens (including phenoxy) is 1.